The third-order valence-corrected chi connectivity index (χ3v) is 2.18. The lowest BCUT2D eigenvalue weighted by molar-refractivity contribution is -0.384. The Morgan fingerprint density at radius 1 is 1.41 bits per heavy atom. The molecule has 3 amide bonds. The second kappa shape index (κ2) is 5.30. The minimum atomic E-state index is -0.852. The smallest absolute Gasteiger partial charge is 0.277 e. The molecule has 0 radical (unpaired) electrons. The van der Waals surface area contributed by atoms with Crippen LogP contribution in [-0.4, -0.2) is 16.9 Å². The molecule has 8 heteroatoms. The van der Waals surface area contributed by atoms with Gasteiger partial charge in [0.1, 0.15) is 5.69 Å². The highest BCUT2D eigenvalue weighted by molar-refractivity contribution is 7.82. The third-order valence-electron chi connectivity index (χ3n) is 1.78. The SMILES string of the molecule is CC(=O)NC(=O)N(S)c1ccccc1[N+](=O)[O-]. The van der Waals surface area contributed by atoms with Gasteiger partial charge in [0, 0.05) is 13.0 Å². The first-order chi connectivity index (χ1) is 7.93. The summed E-state index contributed by atoms with van der Waals surface area (Å²) < 4.78 is 0.708. The summed E-state index contributed by atoms with van der Waals surface area (Å²) >= 11 is 3.82. The third kappa shape index (κ3) is 3.18. The summed E-state index contributed by atoms with van der Waals surface area (Å²) in [4.78, 5) is 32.2. The second-order valence-corrected chi connectivity index (χ2v) is 3.44. The molecule has 0 aromatic heterocycles. The van der Waals surface area contributed by atoms with Gasteiger partial charge in [0.2, 0.25) is 5.91 Å². The van der Waals surface area contributed by atoms with Gasteiger partial charge in [0.15, 0.2) is 0 Å². The van der Waals surface area contributed by atoms with Crippen LogP contribution in [-0.2, 0) is 4.79 Å². The number of rotatable bonds is 2. The number of urea groups is 1. The maximum absolute atomic E-state index is 11.4. The number of nitro benzene ring substituents is 1. The molecule has 1 rings (SSSR count). The molecular weight excluding hydrogens is 246 g/mol. The Kier molecular flexibility index (Phi) is 4.05. The van der Waals surface area contributed by atoms with Crippen LogP contribution in [0.2, 0.25) is 0 Å². The predicted molar refractivity (Wildman–Crippen MR) is 63.8 cm³/mol. The average Bonchev–Trinajstić information content (AvgIpc) is 2.27. The van der Waals surface area contributed by atoms with Crippen molar-refractivity contribution in [2.75, 3.05) is 4.31 Å². The number of hydrogen-bond donors (Lipinski definition) is 2. The predicted octanol–water partition coefficient (Wildman–Crippen LogP) is 1.50. The van der Waals surface area contributed by atoms with Gasteiger partial charge in [0.05, 0.1) is 4.92 Å². The maximum Gasteiger partial charge on any atom is 0.338 e. The fourth-order valence-corrected chi connectivity index (χ4v) is 1.33. The average molecular weight is 255 g/mol. The van der Waals surface area contributed by atoms with E-state index in [1.54, 1.807) is 0 Å². The van der Waals surface area contributed by atoms with E-state index in [4.69, 9.17) is 0 Å². The molecule has 0 heterocycles. The van der Waals surface area contributed by atoms with E-state index in [1.165, 1.54) is 24.3 Å². The first-order valence-corrected chi connectivity index (χ1v) is 4.87. The number of nitrogens with zero attached hydrogens (tertiary/aromatic N) is 2. The molecule has 90 valence electrons. The monoisotopic (exact) mass is 255 g/mol. The minimum absolute atomic E-state index is 0.0143. The van der Waals surface area contributed by atoms with Crippen molar-refractivity contribution < 1.29 is 14.5 Å². The highest BCUT2D eigenvalue weighted by atomic mass is 32.1. The molecule has 0 aliphatic carbocycles. The van der Waals surface area contributed by atoms with Gasteiger partial charge >= 0.3 is 6.03 Å². The molecule has 0 saturated carbocycles. The number of benzene rings is 1. The molecule has 0 atom stereocenters. The molecule has 0 bridgehead atoms. The molecule has 0 aliphatic rings. The highest BCUT2D eigenvalue weighted by Gasteiger charge is 2.21. The fraction of sp³-hybridized carbons (Fsp3) is 0.111. The number of imide groups is 1. The zero-order valence-corrected chi connectivity index (χ0v) is 9.68. The number of carbonyl (C=O) groups excluding carboxylic acids is 2. The summed E-state index contributed by atoms with van der Waals surface area (Å²) in [6.45, 7) is 1.15. The Bertz CT molecular complexity index is 477. The van der Waals surface area contributed by atoms with Crippen LogP contribution in [0.1, 0.15) is 6.92 Å². The number of hydrogen-bond acceptors (Lipinski definition) is 5. The van der Waals surface area contributed by atoms with Crippen molar-refractivity contribution in [2.24, 2.45) is 0 Å². The topological polar surface area (TPSA) is 92.6 Å². The summed E-state index contributed by atoms with van der Waals surface area (Å²) in [6.07, 6.45) is 0. The van der Waals surface area contributed by atoms with E-state index in [-0.39, 0.29) is 11.4 Å². The maximum atomic E-state index is 11.4. The number of nitrogens with one attached hydrogen (secondary N) is 1. The molecule has 0 spiro atoms. The van der Waals surface area contributed by atoms with Crippen molar-refractivity contribution in [2.45, 2.75) is 6.92 Å². The lowest BCUT2D eigenvalue weighted by Gasteiger charge is -2.14. The zero-order chi connectivity index (χ0) is 13.0. The van der Waals surface area contributed by atoms with Crippen LogP contribution in [0, 0.1) is 10.1 Å². The van der Waals surface area contributed by atoms with Crippen molar-refractivity contribution in [3.05, 3.63) is 34.4 Å². The van der Waals surface area contributed by atoms with Crippen molar-refractivity contribution in [1.82, 2.24) is 5.32 Å². The Labute approximate surface area is 102 Å². The number of para-hydroxylation sites is 2. The van der Waals surface area contributed by atoms with Crippen LogP contribution in [0.25, 0.3) is 0 Å². The molecule has 1 N–H and O–H groups in total. The molecule has 0 aliphatic heterocycles. The molecular formula is C9H9N3O4S. The molecule has 17 heavy (non-hydrogen) atoms. The molecule has 0 unspecified atom stereocenters. The van der Waals surface area contributed by atoms with Crippen molar-refractivity contribution in [3.63, 3.8) is 0 Å². The summed E-state index contributed by atoms with van der Waals surface area (Å²) in [7, 11) is 0. The zero-order valence-electron chi connectivity index (χ0n) is 8.78. The van der Waals surface area contributed by atoms with Crippen molar-refractivity contribution in [1.29, 1.82) is 0 Å². The molecule has 1 aromatic rings. The van der Waals surface area contributed by atoms with E-state index in [9.17, 15) is 19.7 Å². The lowest BCUT2D eigenvalue weighted by atomic mass is 10.3. The second-order valence-electron chi connectivity index (χ2n) is 3.04. The van der Waals surface area contributed by atoms with Crippen LogP contribution in [0.4, 0.5) is 16.2 Å². The first kappa shape index (κ1) is 13.0. The van der Waals surface area contributed by atoms with Gasteiger partial charge in [-0.2, -0.15) is 0 Å². The molecule has 0 saturated heterocycles. The van der Waals surface area contributed by atoms with Crippen LogP contribution in [0.15, 0.2) is 24.3 Å². The van der Waals surface area contributed by atoms with Crippen molar-refractivity contribution >= 4 is 36.1 Å². The van der Waals surface area contributed by atoms with E-state index in [1.807, 2.05) is 5.32 Å². The molecule has 7 nitrogen and oxygen atoms in total. The van der Waals surface area contributed by atoms with Crippen LogP contribution < -0.4 is 9.62 Å². The molecule has 0 fully saturated rings. The fourth-order valence-electron chi connectivity index (χ4n) is 1.11. The first-order valence-electron chi connectivity index (χ1n) is 4.47. The van der Waals surface area contributed by atoms with E-state index in [0.717, 1.165) is 6.92 Å². The largest absolute Gasteiger partial charge is 0.338 e. The van der Waals surface area contributed by atoms with E-state index in [0.29, 0.717) is 4.31 Å². The Balaban J connectivity index is 3.03. The summed E-state index contributed by atoms with van der Waals surface area (Å²) in [6, 6.07) is 4.72. The minimum Gasteiger partial charge on any atom is -0.277 e. The Morgan fingerprint density at radius 3 is 2.53 bits per heavy atom. The van der Waals surface area contributed by atoms with Gasteiger partial charge < -0.3 is 0 Å². The highest BCUT2D eigenvalue weighted by Crippen LogP contribution is 2.28. The quantitative estimate of drug-likeness (QED) is 0.476. The van der Waals surface area contributed by atoms with E-state index >= 15 is 0 Å². The van der Waals surface area contributed by atoms with Gasteiger partial charge in [-0.25, -0.2) is 9.10 Å². The lowest BCUT2D eigenvalue weighted by Crippen LogP contribution is -2.37. The van der Waals surface area contributed by atoms with Crippen LogP contribution >= 0.6 is 12.8 Å². The van der Waals surface area contributed by atoms with Crippen LogP contribution in [0.3, 0.4) is 0 Å². The Hall–Kier alpha value is -2.09. The summed E-state index contributed by atoms with van der Waals surface area (Å²) in [5.41, 5.74) is -0.291. The molecule has 1 aromatic carbocycles. The van der Waals surface area contributed by atoms with E-state index < -0.39 is 16.9 Å². The summed E-state index contributed by atoms with van der Waals surface area (Å²) in [5, 5.41) is 12.7. The number of anilines is 1. The van der Waals surface area contributed by atoms with Gasteiger partial charge in [0.25, 0.3) is 5.69 Å². The van der Waals surface area contributed by atoms with Gasteiger partial charge in [-0.1, -0.05) is 24.9 Å². The number of amides is 3. The van der Waals surface area contributed by atoms with Gasteiger partial charge in [-0.15, -0.1) is 0 Å². The summed E-state index contributed by atoms with van der Waals surface area (Å²) in [5.74, 6) is -0.576. The number of carbonyl (C=O) groups is 2. The number of thiol groups is 1. The standard InChI is InChI=1S/C9H9N3O4S/c1-6(13)10-9(14)11(17)7-4-2-3-5-8(7)12(15)16/h2-5,17H,1H3,(H,10,13,14). The van der Waals surface area contributed by atoms with Gasteiger partial charge in [-0.05, 0) is 6.07 Å². The Morgan fingerprint density at radius 2 is 2.00 bits per heavy atom. The van der Waals surface area contributed by atoms with E-state index in [2.05, 4.69) is 12.8 Å². The normalized spacial score (nSPS) is 9.53. The number of nitro groups is 1. The van der Waals surface area contributed by atoms with Gasteiger partial charge in [-0.3, -0.25) is 20.2 Å². The van der Waals surface area contributed by atoms with Crippen molar-refractivity contribution in [3.8, 4) is 0 Å². The van der Waals surface area contributed by atoms with Crippen LogP contribution in [0.5, 0.6) is 0 Å².